The minimum atomic E-state index is 0.0493. The molecule has 0 unspecified atom stereocenters. The van der Waals surface area contributed by atoms with Crippen LogP contribution in [0, 0.1) is 0 Å². The van der Waals surface area contributed by atoms with Crippen LogP contribution in [0.3, 0.4) is 0 Å². The van der Waals surface area contributed by atoms with Crippen molar-refractivity contribution in [2.45, 2.75) is 25.7 Å². The number of hydrogen-bond donors (Lipinski definition) is 1. The predicted molar refractivity (Wildman–Crippen MR) is 113 cm³/mol. The monoisotopic (exact) mass is 355 g/mol. The van der Waals surface area contributed by atoms with Gasteiger partial charge in [-0.3, -0.25) is 0 Å². The Morgan fingerprint density at radius 1 is 0.846 bits per heavy atom. The van der Waals surface area contributed by atoms with E-state index in [0.29, 0.717) is 0 Å². The van der Waals surface area contributed by atoms with Crippen molar-refractivity contribution in [3.63, 3.8) is 0 Å². The van der Waals surface area contributed by atoms with E-state index in [2.05, 4.69) is 80.6 Å². The number of hydrogen-bond acceptors (Lipinski definition) is 2. The molecule has 0 aliphatic heterocycles. The summed E-state index contributed by atoms with van der Waals surface area (Å²) in [5.74, 6) is 0. The second-order valence-corrected chi connectivity index (χ2v) is 8.80. The molecule has 1 aliphatic rings. The first-order valence-corrected chi connectivity index (χ1v) is 9.86. The molecule has 1 aliphatic carbocycles. The van der Waals surface area contributed by atoms with Crippen LogP contribution >= 0.6 is 11.3 Å². The highest BCUT2D eigenvalue weighted by Crippen LogP contribution is 2.49. The molecule has 0 saturated heterocycles. The quantitative estimate of drug-likeness (QED) is 0.443. The molecule has 0 atom stereocenters. The van der Waals surface area contributed by atoms with E-state index in [9.17, 15) is 0 Å². The van der Waals surface area contributed by atoms with E-state index < -0.39 is 0 Å². The molecule has 0 amide bonds. The van der Waals surface area contributed by atoms with Gasteiger partial charge < -0.3 is 5.73 Å². The molecule has 0 spiro atoms. The fourth-order valence-corrected chi connectivity index (χ4v) is 5.45. The van der Waals surface area contributed by atoms with E-state index in [1.54, 1.807) is 0 Å². The van der Waals surface area contributed by atoms with Gasteiger partial charge in [0.15, 0.2) is 0 Å². The maximum Gasteiger partial charge on any atom is 0.0538 e. The summed E-state index contributed by atoms with van der Waals surface area (Å²) in [7, 11) is 0. The fourth-order valence-electron chi connectivity index (χ4n) is 4.29. The molecule has 0 fully saturated rings. The van der Waals surface area contributed by atoms with Crippen molar-refractivity contribution in [2.75, 3.05) is 5.73 Å². The number of nitrogens with two attached hydrogens (primary N) is 1. The van der Waals surface area contributed by atoms with Gasteiger partial charge in [-0.25, -0.2) is 0 Å². The third kappa shape index (κ3) is 2.15. The minimum Gasteiger partial charge on any atom is -0.397 e. The summed E-state index contributed by atoms with van der Waals surface area (Å²) < 4.78 is 1.27. The summed E-state index contributed by atoms with van der Waals surface area (Å²) in [4.78, 5) is 1.26. The average molecular weight is 356 g/mol. The Balaban J connectivity index is 1.59. The zero-order valence-electron chi connectivity index (χ0n) is 15.0. The summed E-state index contributed by atoms with van der Waals surface area (Å²) in [5.41, 5.74) is 14.4. The highest BCUT2D eigenvalue weighted by Gasteiger charge is 2.35. The van der Waals surface area contributed by atoms with E-state index in [1.807, 2.05) is 11.3 Å². The van der Waals surface area contributed by atoms with Gasteiger partial charge in [0.1, 0.15) is 0 Å². The number of anilines is 1. The van der Waals surface area contributed by atoms with Crippen LogP contribution in [-0.2, 0) is 11.8 Å². The molecule has 4 aromatic rings. The van der Waals surface area contributed by atoms with E-state index in [0.717, 1.165) is 12.1 Å². The Morgan fingerprint density at radius 2 is 1.58 bits per heavy atom. The largest absolute Gasteiger partial charge is 0.397 e. The molecule has 26 heavy (non-hydrogen) atoms. The molecule has 1 heterocycles. The Labute approximate surface area is 158 Å². The molecule has 2 N–H and O–H groups in total. The van der Waals surface area contributed by atoms with E-state index >= 15 is 0 Å². The van der Waals surface area contributed by atoms with Crippen LogP contribution in [0.2, 0.25) is 0 Å². The Morgan fingerprint density at radius 3 is 2.42 bits per heavy atom. The highest BCUT2D eigenvalue weighted by molar-refractivity contribution is 7.19. The number of benzene rings is 3. The molecule has 0 bridgehead atoms. The first-order valence-electron chi connectivity index (χ1n) is 9.05. The lowest BCUT2D eigenvalue weighted by Gasteiger charge is -2.21. The summed E-state index contributed by atoms with van der Waals surface area (Å²) in [5, 5.41) is 1.18. The fraction of sp³-hybridized carbons (Fsp3) is 0.167. The van der Waals surface area contributed by atoms with Crippen molar-refractivity contribution in [2.24, 2.45) is 0 Å². The minimum absolute atomic E-state index is 0.0493. The van der Waals surface area contributed by atoms with Crippen molar-refractivity contribution in [1.29, 1.82) is 0 Å². The van der Waals surface area contributed by atoms with E-state index in [4.69, 9.17) is 5.73 Å². The third-order valence-electron chi connectivity index (χ3n) is 5.72. The number of thiophene rings is 1. The van der Waals surface area contributed by atoms with Gasteiger partial charge >= 0.3 is 0 Å². The Hall–Kier alpha value is -2.58. The summed E-state index contributed by atoms with van der Waals surface area (Å²) in [6, 6.07) is 24.1. The predicted octanol–water partition coefficient (Wildman–Crippen LogP) is 6.38. The Kier molecular flexibility index (Phi) is 3.29. The van der Waals surface area contributed by atoms with Gasteiger partial charge in [0.05, 0.1) is 5.69 Å². The summed E-state index contributed by atoms with van der Waals surface area (Å²) >= 11 is 1.81. The first-order chi connectivity index (χ1) is 12.6. The van der Waals surface area contributed by atoms with Crippen LogP contribution in [0.5, 0.6) is 0 Å². The maximum atomic E-state index is 6.43. The highest BCUT2D eigenvalue weighted by atomic mass is 32.1. The van der Waals surface area contributed by atoms with Crippen LogP contribution in [0.1, 0.15) is 35.4 Å². The van der Waals surface area contributed by atoms with Crippen molar-refractivity contribution >= 4 is 27.1 Å². The average Bonchev–Trinajstić information content (AvgIpc) is 3.08. The number of fused-ring (bicyclic) bond motifs is 4. The molecule has 5 rings (SSSR count). The van der Waals surface area contributed by atoms with Gasteiger partial charge in [0.25, 0.3) is 0 Å². The topological polar surface area (TPSA) is 26.0 Å². The van der Waals surface area contributed by atoms with Crippen molar-refractivity contribution in [3.05, 3.63) is 88.3 Å². The van der Waals surface area contributed by atoms with Gasteiger partial charge in [-0.15, -0.1) is 11.3 Å². The van der Waals surface area contributed by atoms with Crippen molar-refractivity contribution in [1.82, 2.24) is 0 Å². The van der Waals surface area contributed by atoms with Gasteiger partial charge in [-0.2, -0.15) is 0 Å². The van der Waals surface area contributed by atoms with Crippen LogP contribution in [0.15, 0.2) is 66.7 Å². The van der Waals surface area contributed by atoms with Gasteiger partial charge in [0, 0.05) is 26.8 Å². The molecule has 0 radical (unpaired) electrons. The zero-order chi connectivity index (χ0) is 17.9. The van der Waals surface area contributed by atoms with Crippen molar-refractivity contribution in [3.8, 4) is 11.1 Å². The van der Waals surface area contributed by atoms with E-state index in [1.165, 1.54) is 42.8 Å². The Bertz CT molecular complexity index is 1150. The standard InChI is InChI=1S/C24H21NS/c1-24(2)19-9-5-3-7-16(19)17-12-11-15(13-20(17)24)14-22-23(25)18-8-4-6-10-21(18)26-22/h3-13H,14,25H2,1-2H3. The van der Waals surface area contributed by atoms with Crippen molar-refractivity contribution < 1.29 is 0 Å². The molecule has 2 heteroatoms. The zero-order valence-corrected chi connectivity index (χ0v) is 15.9. The van der Waals surface area contributed by atoms with Gasteiger partial charge in [-0.1, -0.05) is 74.5 Å². The molecule has 1 nitrogen and oxygen atoms in total. The molecule has 0 saturated carbocycles. The number of rotatable bonds is 2. The molecular weight excluding hydrogens is 334 g/mol. The van der Waals surface area contributed by atoms with Gasteiger partial charge in [0.2, 0.25) is 0 Å². The lowest BCUT2D eigenvalue weighted by Crippen LogP contribution is -2.15. The normalized spacial score (nSPS) is 14.4. The van der Waals surface area contributed by atoms with E-state index in [-0.39, 0.29) is 5.41 Å². The molecule has 3 aromatic carbocycles. The molecule has 1 aromatic heterocycles. The second-order valence-electron chi connectivity index (χ2n) is 7.66. The first kappa shape index (κ1) is 15.7. The lowest BCUT2D eigenvalue weighted by molar-refractivity contribution is 0.659. The lowest BCUT2D eigenvalue weighted by atomic mass is 9.82. The smallest absolute Gasteiger partial charge is 0.0538 e. The number of nitrogen functional groups attached to an aromatic ring is 1. The molecular formula is C24H21NS. The molecule has 128 valence electrons. The van der Waals surface area contributed by atoms with Gasteiger partial charge in [-0.05, 0) is 33.9 Å². The van der Waals surface area contributed by atoms with Crippen LogP contribution < -0.4 is 5.73 Å². The van der Waals surface area contributed by atoms with Crippen LogP contribution in [0.4, 0.5) is 5.69 Å². The van der Waals surface area contributed by atoms with Crippen LogP contribution in [-0.4, -0.2) is 0 Å². The summed E-state index contributed by atoms with van der Waals surface area (Å²) in [6.07, 6.45) is 0.894. The summed E-state index contributed by atoms with van der Waals surface area (Å²) in [6.45, 7) is 4.66. The van der Waals surface area contributed by atoms with Crippen LogP contribution in [0.25, 0.3) is 21.2 Å². The second kappa shape index (κ2) is 5.46. The third-order valence-corrected chi connectivity index (χ3v) is 6.91. The maximum absolute atomic E-state index is 6.43. The SMILES string of the molecule is CC1(C)c2ccccc2-c2ccc(Cc3sc4ccccc4c3N)cc21.